The molecule has 156 valence electrons. The quantitative estimate of drug-likeness (QED) is 0.469. The fourth-order valence-corrected chi connectivity index (χ4v) is 4.15. The van der Waals surface area contributed by atoms with Crippen molar-refractivity contribution in [2.75, 3.05) is 13.8 Å². The van der Waals surface area contributed by atoms with E-state index in [4.69, 9.17) is 14.2 Å². The molecule has 0 saturated carbocycles. The number of benzene rings is 3. The summed E-state index contributed by atoms with van der Waals surface area (Å²) in [5.41, 5.74) is 3.45. The van der Waals surface area contributed by atoms with E-state index < -0.39 is 0 Å². The van der Waals surface area contributed by atoms with Crippen LogP contribution in [0.15, 0.2) is 70.9 Å². The third kappa shape index (κ3) is 3.84. The van der Waals surface area contributed by atoms with Crippen molar-refractivity contribution in [2.24, 2.45) is 0 Å². The van der Waals surface area contributed by atoms with Crippen LogP contribution in [0.25, 0.3) is 6.08 Å². The molecule has 0 aliphatic carbocycles. The third-order valence-electron chi connectivity index (χ3n) is 5.44. The number of fused-ring (bicyclic) bond motifs is 3. The van der Waals surface area contributed by atoms with Crippen LogP contribution in [-0.4, -0.2) is 24.5 Å². The number of hydrogen-bond acceptors (Lipinski definition) is 5. The van der Waals surface area contributed by atoms with E-state index in [1.807, 2.05) is 54.6 Å². The first-order valence-electron chi connectivity index (χ1n) is 9.95. The second-order valence-corrected chi connectivity index (χ2v) is 8.40. The Morgan fingerprint density at radius 2 is 1.90 bits per heavy atom. The molecule has 3 aromatic rings. The minimum atomic E-state index is -0.109. The highest BCUT2D eigenvalue weighted by molar-refractivity contribution is 9.10. The molecule has 0 bridgehead atoms. The summed E-state index contributed by atoms with van der Waals surface area (Å²) >= 11 is 3.43. The van der Waals surface area contributed by atoms with Crippen molar-refractivity contribution in [1.29, 1.82) is 0 Å². The van der Waals surface area contributed by atoms with Crippen molar-refractivity contribution in [1.82, 2.24) is 4.90 Å². The van der Waals surface area contributed by atoms with Gasteiger partial charge in [-0.1, -0.05) is 46.3 Å². The molecule has 0 spiro atoms. The summed E-state index contributed by atoms with van der Waals surface area (Å²) in [7, 11) is 1.67. The van der Waals surface area contributed by atoms with Crippen LogP contribution in [0.1, 0.15) is 27.0 Å². The van der Waals surface area contributed by atoms with Crippen molar-refractivity contribution < 1.29 is 19.0 Å². The predicted octanol–water partition coefficient (Wildman–Crippen LogP) is 5.43. The van der Waals surface area contributed by atoms with Gasteiger partial charge in [0.15, 0.2) is 5.76 Å². The number of nitrogens with zero attached hydrogens (tertiary/aromatic N) is 1. The molecule has 0 atom stereocenters. The van der Waals surface area contributed by atoms with E-state index in [1.54, 1.807) is 19.3 Å². The molecule has 2 heterocycles. The number of carbonyl (C=O) groups excluding carboxylic acids is 1. The average molecular weight is 478 g/mol. The number of para-hydroxylation sites is 1. The summed E-state index contributed by atoms with van der Waals surface area (Å²) in [5, 5.41) is 0. The monoisotopic (exact) mass is 477 g/mol. The largest absolute Gasteiger partial charge is 0.496 e. The maximum absolute atomic E-state index is 12.9. The van der Waals surface area contributed by atoms with Crippen LogP contribution in [0.2, 0.25) is 0 Å². The zero-order valence-electron chi connectivity index (χ0n) is 16.9. The Hall–Kier alpha value is -3.09. The van der Waals surface area contributed by atoms with Crippen LogP contribution < -0.4 is 14.2 Å². The lowest BCUT2D eigenvalue weighted by Crippen LogP contribution is -2.31. The van der Waals surface area contributed by atoms with Gasteiger partial charge in [0.1, 0.15) is 24.0 Å². The van der Waals surface area contributed by atoms with Gasteiger partial charge in [-0.2, -0.15) is 0 Å². The van der Waals surface area contributed by atoms with Crippen molar-refractivity contribution in [2.45, 2.75) is 13.1 Å². The molecular weight excluding hydrogens is 458 g/mol. The molecule has 2 aliphatic rings. The maximum atomic E-state index is 12.9. The highest BCUT2D eigenvalue weighted by Crippen LogP contribution is 2.42. The van der Waals surface area contributed by atoms with Crippen molar-refractivity contribution in [3.8, 4) is 17.2 Å². The molecule has 5 nitrogen and oxygen atoms in total. The molecule has 0 unspecified atom stereocenters. The maximum Gasteiger partial charge on any atom is 0.231 e. The highest BCUT2D eigenvalue weighted by atomic mass is 79.9. The number of ketones is 1. The SMILES string of the molecule is COc1ccccc1CN1COc2ccc3c(c2C1)O/C(=C\c1ccc(Br)cc1)C3=O. The van der Waals surface area contributed by atoms with Crippen molar-refractivity contribution in [3.05, 3.63) is 93.1 Å². The van der Waals surface area contributed by atoms with E-state index in [0.29, 0.717) is 36.9 Å². The topological polar surface area (TPSA) is 48.0 Å². The molecule has 0 saturated heterocycles. The molecular formula is C25H20BrNO4. The second-order valence-electron chi connectivity index (χ2n) is 7.48. The Kier molecular flexibility index (Phi) is 5.26. The first kappa shape index (κ1) is 19.8. The molecule has 2 aliphatic heterocycles. The Balaban J connectivity index is 1.42. The summed E-state index contributed by atoms with van der Waals surface area (Å²) < 4.78 is 18.5. The second kappa shape index (κ2) is 8.21. The number of allylic oxidation sites excluding steroid dienone is 1. The molecule has 0 aromatic heterocycles. The zero-order chi connectivity index (χ0) is 21.4. The lowest BCUT2D eigenvalue weighted by Gasteiger charge is -2.30. The molecule has 0 radical (unpaired) electrons. The van der Waals surface area contributed by atoms with Crippen molar-refractivity contribution >= 4 is 27.8 Å². The molecule has 0 fully saturated rings. The number of Topliss-reactive ketones (excluding diaryl/α,β-unsaturated/α-hetero) is 1. The molecule has 31 heavy (non-hydrogen) atoms. The zero-order valence-corrected chi connectivity index (χ0v) is 18.5. The summed E-state index contributed by atoms with van der Waals surface area (Å²) in [5.74, 6) is 2.41. The molecule has 0 amide bonds. The summed E-state index contributed by atoms with van der Waals surface area (Å²) in [6.45, 7) is 1.75. The smallest absolute Gasteiger partial charge is 0.231 e. The van der Waals surface area contributed by atoms with Crippen LogP contribution in [-0.2, 0) is 13.1 Å². The Morgan fingerprint density at radius 1 is 1.10 bits per heavy atom. The predicted molar refractivity (Wildman–Crippen MR) is 121 cm³/mol. The number of rotatable bonds is 4. The van der Waals surface area contributed by atoms with Crippen LogP contribution in [0, 0.1) is 0 Å². The first-order chi connectivity index (χ1) is 15.1. The van der Waals surface area contributed by atoms with E-state index in [9.17, 15) is 4.79 Å². The normalized spacial score (nSPS) is 16.5. The summed E-state index contributed by atoms with van der Waals surface area (Å²) in [6, 6.07) is 19.3. The number of halogens is 1. The van der Waals surface area contributed by atoms with E-state index in [1.165, 1.54) is 0 Å². The van der Waals surface area contributed by atoms with Gasteiger partial charge in [-0.15, -0.1) is 0 Å². The van der Waals surface area contributed by atoms with Crippen LogP contribution in [0.5, 0.6) is 17.2 Å². The van der Waals surface area contributed by atoms with Gasteiger partial charge in [0.25, 0.3) is 0 Å². The summed E-state index contributed by atoms with van der Waals surface area (Å²) in [6.07, 6.45) is 1.78. The fraction of sp³-hybridized carbons (Fsp3) is 0.160. The number of ether oxygens (including phenoxy) is 3. The lowest BCUT2D eigenvalue weighted by molar-refractivity contribution is 0.0865. The fourth-order valence-electron chi connectivity index (χ4n) is 3.89. The Bertz CT molecular complexity index is 1190. The number of methoxy groups -OCH3 is 1. The minimum Gasteiger partial charge on any atom is -0.496 e. The van der Waals surface area contributed by atoms with Gasteiger partial charge in [-0.25, -0.2) is 0 Å². The standard InChI is InChI=1S/C25H20BrNO4/c1-29-21-5-3-2-4-17(21)13-27-14-20-22(30-15-27)11-10-19-24(28)23(31-25(19)20)12-16-6-8-18(26)9-7-16/h2-12H,13-15H2,1H3/b23-12-. The Labute approximate surface area is 189 Å². The molecule has 3 aromatic carbocycles. The van der Waals surface area contributed by atoms with Crippen LogP contribution in [0.4, 0.5) is 0 Å². The minimum absolute atomic E-state index is 0.109. The van der Waals surface area contributed by atoms with E-state index in [-0.39, 0.29) is 5.78 Å². The van der Waals surface area contributed by atoms with Gasteiger partial charge >= 0.3 is 0 Å². The van der Waals surface area contributed by atoms with Gasteiger partial charge in [0.05, 0.1) is 18.2 Å². The van der Waals surface area contributed by atoms with Crippen LogP contribution >= 0.6 is 15.9 Å². The van der Waals surface area contributed by atoms with Gasteiger partial charge < -0.3 is 14.2 Å². The van der Waals surface area contributed by atoms with Crippen LogP contribution in [0.3, 0.4) is 0 Å². The summed E-state index contributed by atoms with van der Waals surface area (Å²) in [4.78, 5) is 15.1. The highest BCUT2D eigenvalue weighted by Gasteiger charge is 2.33. The average Bonchev–Trinajstić information content (AvgIpc) is 3.11. The molecule has 6 heteroatoms. The lowest BCUT2D eigenvalue weighted by atomic mass is 10.0. The third-order valence-corrected chi connectivity index (χ3v) is 5.97. The van der Waals surface area contributed by atoms with Gasteiger partial charge in [0, 0.05) is 23.1 Å². The molecule has 0 N–H and O–H groups in total. The molecule has 5 rings (SSSR count). The first-order valence-corrected chi connectivity index (χ1v) is 10.7. The van der Waals surface area contributed by atoms with E-state index in [2.05, 4.69) is 20.8 Å². The number of hydrogen-bond donors (Lipinski definition) is 0. The van der Waals surface area contributed by atoms with Gasteiger partial charge in [-0.05, 0) is 42.0 Å². The van der Waals surface area contributed by atoms with E-state index >= 15 is 0 Å². The number of carbonyl (C=O) groups is 1. The van der Waals surface area contributed by atoms with Gasteiger partial charge in [0.2, 0.25) is 5.78 Å². The van der Waals surface area contributed by atoms with Gasteiger partial charge in [-0.3, -0.25) is 9.69 Å². The van der Waals surface area contributed by atoms with Crippen molar-refractivity contribution in [3.63, 3.8) is 0 Å². The Morgan fingerprint density at radius 3 is 2.71 bits per heavy atom. The van der Waals surface area contributed by atoms with E-state index in [0.717, 1.165) is 32.7 Å².